The topological polar surface area (TPSA) is 101 Å². The molecule has 1 amide bonds. The van der Waals surface area contributed by atoms with E-state index in [9.17, 15) is 13.2 Å². The molecule has 4 rings (SSSR count). The Hall–Kier alpha value is -2.68. The lowest BCUT2D eigenvalue weighted by atomic mass is 10.2. The minimum Gasteiger partial charge on any atom is -0.454 e. The van der Waals surface area contributed by atoms with Crippen molar-refractivity contribution < 1.29 is 22.7 Å². The Kier molecular flexibility index (Phi) is 4.26. The molecule has 0 saturated carbocycles. The van der Waals surface area contributed by atoms with Crippen LogP contribution in [0.3, 0.4) is 0 Å². The molecule has 0 radical (unpaired) electrons. The fourth-order valence-corrected chi connectivity index (χ4v) is 5.10. The number of hydrogen-bond acceptors (Lipinski definition) is 5. The molecule has 0 spiro atoms. The number of anilines is 1. The van der Waals surface area contributed by atoms with E-state index in [2.05, 4.69) is 9.71 Å². The first-order valence-electron chi connectivity index (χ1n) is 8.78. The van der Waals surface area contributed by atoms with Crippen LogP contribution >= 0.6 is 0 Å². The third-order valence-electron chi connectivity index (χ3n) is 4.82. The third-order valence-corrected chi connectivity index (χ3v) is 6.37. The van der Waals surface area contributed by atoms with E-state index in [1.54, 1.807) is 36.9 Å². The number of nitrogens with one attached hydrogen (secondary N) is 2. The van der Waals surface area contributed by atoms with Crippen molar-refractivity contribution in [2.45, 2.75) is 31.6 Å². The maximum Gasteiger partial charge on any atom is 0.264 e. The predicted octanol–water partition coefficient (Wildman–Crippen LogP) is 2.40. The Labute approximate surface area is 157 Å². The minimum absolute atomic E-state index is 0.00503. The molecule has 1 fully saturated rings. The van der Waals surface area contributed by atoms with Crippen molar-refractivity contribution in [2.75, 3.05) is 24.6 Å². The average Bonchev–Trinajstić information content (AvgIpc) is 3.33. The van der Waals surface area contributed by atoms with E-state index >= 15 is 0 Å². The molecule has 0 atom stereocenters. The number of carbonyl (C=O) groups excluding carboxylic acids is 1. The second kappa shape index (κ2) is 6.49. The van der Waals surface area contributed by atoms with E-state index in [1.807, 2.05) is 0 Å². The largest absolute Gasteiger partial charge is 0.454 e. The lowest BCUT2D eigenvalue weighted by molar-refractivity contribution is 0.0788. The highest BCUT2D eigenvalue weighted by Crippen LogP contribution is 2.35. The second-order valence-corrected chi connectivity index (χ2v) is 8.37. The van der Waals surface area contributed by atoms with Gasteiger partial charge in [0.25, 0.3) is 15.9 Å². The van der Waals surface area contributed by atoms with Crippen LogP contribution in [0, 0.1) is 13.8 Å². The summed E-state index contributed by atoms with van der Waals surface area (Å²) in [5, 5.41) is 0. The number of amides is 1. The van der Waals surface area contributed by atoms with Crippen molar-refractivity contribution in [1.82, 2.24) is 9.88 Å². The zero-order chi connectivity index (χ0) is 19.2. The second-order valence-electron chi connectivity index (χ2n) is 6.75. The van der Waals surface area contributed by atoms with Crippen molar-refractivity contribution in [2.24, 2.45) is 0 Å². The Morgan fingerprint density at radius 1 is 1.11 bits per heavy atom. The fraction of sp³-hybridized carbons (Fsp3) is 0.389. The Morgan fingerprint density at radius 3 is 2.56 bits per heavy atom. The minimum atomic E-state index is -3.97. The maximum atomic E-state index is 13.1. The smallest absolute Gasteiger partial charge is 0.264 e. The number of H-pyrrole nitrogens is 1. The molecular weight excluding hydrogens is 370 g/mol. The van der Waals surface area contributed by atoms with E-state index in [-0.39, 0.29) is 23.2 Å². The van der Waals surface area contributed by atoms with Gasteiger partial charge in [-0.25, -0.2) is 8.42 Å². The maximum absolute atomic E-state index is 13.1. The zero-order valence-electron chi connectivity index (χ0n) is 15.2. The molecule has 0 bridgehead atoms. The SMILES string of the molecule is Cc1[nH]c(C)c(S(=O)(=O)Nc2ccc3c(c2)OCO3)c1C(=O)N1CCCC1. The van der Waals surface area contributed by atoms with Crippen molar-refractivity contribution in [3.8, 4) is 11.5 Å². The van der Waals surface area contributed by atoms with Crippen LogP contribution in [0.1, 0.15) is 34.6 Å². The number of aromatic nitrogens is 1. The van der Waals surface area contributed by atoms with Crippen LogP contribution in [0.5, 0.6) is 11.5 Å². The van der Waals surface area contributed by atoms with E-state index < -0.39 is 10.0 Å². The van der Waals surface area contributed by atoms with Gasteiger partial charge in [-0.1, -0.05) is 0 Å². The number of sulfonamides is 1. The van der Waals surface area contributed by atoms with Gasteiger partial charge >= 0.3 is 0 Å². The molecule has 2 aliphatic heterocycles. The van der Waals surface area contributed by atoms with Crippen molar-refractivity contribution in [3.05, 3.63) is 35.2 Å². The lowest BCUT2D eigenvalue weighted by Gasteiger charge is -2.17. The fourth-order valence-electron chi connectivity index (χ4n) is 3.60. The molecule has 1 aromatic carbocycles. The number of ether oxygens (including phenoxy) is 2. The van der Waals surface area contributed by atoms with Gasteiger partial charge in [0.05, 0.1) is 11.3 Å². The molecule has 1 aromatic heterocycles. The van der Waals surface area contributed by atoms with Crippen LogP contribution in [0.25, 0.3) is 0 Å². The first-order valence-corrected chi connectivity index (χ1v) is 10.3. The zero-order valence-corrected chi connectivity index (χ0v) is 16.0. The van der Waals surface area contributed by atoms with Gasteiger partial charge in [0.1, 0.15) is 4.90 Å². The Morgan fingerprint density at radius 2 is 1.81 bits per heavy atom. The standard InChI is InChI=1S/C18H21N3O5S/c1-11-16(18(22)21-7-3-4-8-21)17(12(2)19-11)27(23,24)20-13-5-6-14-15(9-13)26-10-25-14/h5-6,9,19-20H,3-4,7-8,10H2,1-2H3. The first kappa shape index (κ1) is 17.7. The summed E-state index contributed by atoms with van der Waals surface area (Å²) in [6.45, 7) is 4.78. The normalized spacial score (nSPS) is 16.0. The molecule has 8 nitrogen and oxygen atoms in total. The third kappa shape index (κ3) is 3.12. The predicted molar refractivity (Wildman–Crippen MR) is 98.8 cm³/mol. The summed E-state index contributed by atoms with van der Waals surface area (Å²) in [6.07, 6.45) is 1.87. The van der Waals surface area contributed by atoms with Gasteiger partial charge in [-0.3, -0.25) is 9.52 Å². The van der Waals surface area contributed by atoms with E-state index in [4.69, 9.17) is 9.47 Å². The summed E-state index contributed by atoms with van der Waals surface area (Å²) in [5.74, 6) is 0.794. The summed E-state index contributed by atoms with van der Waals surface area (Å²) in [4.78, 5) is 17.6. The van der Waals surface area contributed by atoms with Crippen LogP contribution in [0.2, 0.25) is 0 Å². The summed E-state index contributed by atoms with van der Waals surface area (Å²) >= 11 is 0. The molecular formula is C18H21N3O5S. The van der Waals surface area contributed by atoms with E-state index in [0.717, 1.165) is 12.8 Å². The average molecular weight is 391 g/mol. The molecule has 144 valence electrons. The number of carbonyl (C=O) groups is 1. The van der Waals surface area contributed by atoms with Gasteiger partial charge in [0.2, 0.25) is 6.79 Å². The molecule has 2 N–H and O–H groups in total. The van der Waals surface area contributed by atoms with Gasteiger partial charge in [-0.15, -0.1) is 0 Å². The molecule has 1 saturated heterocycles. The molecule has 2 aromatic rings. The van der Waals surface area contributed by atoms with Crippen molar-refractivity contribution in [1.29, 1.82) is 0 Å². The number of benzene rings is 1. The molecule has 0 aliphatic carbocycles. The molecule has 0 unspecified atom stereocenters. The number of fused-ring (bicyclic) bond motifs is 1. The monoisotopic (exact) mass is 391 g/mol. The van der Waals surface area contributed by atoms with E-state index in [0.29, 0.717) is 41.7 Å². The highest BCUT2D eigenvalue weighted by atomic mass is 32.2. The van der Waals surface area contributed by atoms with Crippen LogP contribution in [0.15, 0.2) is 23.1 Å². The number of likely N-dealkylation sites (tertiary alicyclic amines) is 1. The number of rotatable bonds is 4. The molecule has 27 heavy (non-hydrogen) atoms. The summed E-state index contributed by atoms with van der Waals surface area (Å²) in [6, 6.07) is 4.81. The number of nitrogens with zero attached hydrogens (tertiary/aromatic N) is 1. The van der Waals surface area contributed by atoms with Crippen LogP contribution in [-0.2, 0) is 10.0 Å². The Balaban J connectivity index is 1.70. The van der Waals surface area contributed by atoms with Crippen LogP contribution in [-0.4, -0.2) is 44.1 Å². The summed E-state index contributed by atoms with van der Waals surface area (Å²) in [5.41, 5.74) is 1.54. The van der Waals surface area contributed by atoms with Crippen molar-refractivity contribution in [3.63, 3.8) is 0 Å². The van der Waals surface area contributed by atoms with Gasteiger partial charge in [-0.05, 0) is 38.8 Å². The first-order chi connectivity index (χ1) is 12.9. The Bertz CT molecular complexity index is 1010. The van der Waals surface area contributed by atoms with E-state index in [1.165, 1.54) is 0 Å². The molecule has 9 heteroatoms. The van der Waals surface area contributed by atoms with Crippen molar-refractivity contribution >= 4 is 21.6 Å². The van der Waals surface area contributed by atoms with Crippen LogP contribution < -0.4 is 14.2 Å². The summed E-state index contributed by atoms with van der Waals surface area (Å²) in [7, 11) is -3.97. The van der Waals surface area contributed by atoms with Gasteiger partial charge in [-0.2, -0.15) is 0 Å². The van der Waals surface area contributed by atoms with Gasteiger partial charge < -0.3 is 19.4 Å². The highest BCUT2D eigenvalue weighted by molar-refractivity contribution is 7.92. The quantitative estimate of drug-likeness (QED) is 0.833. The molecule has 3 heterocycles. The van der Waals surface area contributed by atoms with Gasteiger partial charge in [0.15, 0.2) is 11.5 Å². The van der Waals surface area contributed by atoms with Crippen LogP contribution in [0.4, 0.5) is 5.69 Å². The summed E-state index contributed by atoms with van der Waals surface area (Å²) < 4.78 is 39.3. The lowest BCUT2D eigenvalue weighted by Crippen LogP contribution is -2.29. The molecule has 2 aliphatic rings. The van der Waals surface area contributed by atoms with Gasteiger partial charge in [0, 0.05) is 30.5 Å². The highest BCUT2D eigenvalue weighted by Gasteiger charge is 2.32. The number of hydrogen-bond donors (Lipinski definition) is 2. The number of aryl methyl sites for hydroxylation is 2. The number of aromatic amines is 1.